The number of hydrogen-bond acceptors (Lipinski definition) is 3. The van der Waals surface area contributed by atoms with E-state index in [-0.39, 0.29) is 11.9 Å². The van der Waals surface area contributed by atoms with Gasteiger partial charge in [-0.15, -0.1) is 0 Å². The summed E-state index contributed by atoms with van der Waals surface area (Å²) in [5.74, 6) is 0.739. The van der Waals surface area contributed by atoms with E-state index in [0.717, 1.165) is 26.1 Å². The Kier molecular flexibility index (Phi) is 4.35. The summed E-state index contributed by atoms with van der Waals surface area (Å²) in [6.07, 6.45) is 0.762. The molecule has 82 valence electrons. The van der Waals surface area contributed by atoms with Crippen molar-refractivity contribution in [3.63, 3.8) is 0 Å². The molecule has 0 spiro atoms. The first-order chi connectivity index (χ1) is 6.65. The van der Waals surface area contributed by atoms with Gasteiger partial charge in [-0.05, 0) is 18.9 Å². The molecule has 0 bridgehead atoms. The second-order valence-electron chi connectivity index (χ2n) is 4.27. The average molecular weight is 199 g/mol. The fraction of sp³-hybridized carbons (Fsp3) is 0.900. The van der Waals surface area contributed by atoms with Crippen LogP contribution in [0.1, 0.15) is 20.3 Å². The third-order valence-corrected chi connectivity index (χ3v) is 2.48. The molecule has 1 aliphatic heterocycles. The molecule has 4 heteroatoms. The van der Waals surface area contributed by atoms with Crippen molar-refractivity contribution in [2.75, 3.05) is 26.2 Å². The number of nitrogens with one attached hydrogen (secondary N) is 1. The summed E-state index contributed by atoms with van der Waals surface area (Å²) in [6, 6.07) is -0.00356. The molecule has 0 aromatic carbocycles. The minimum atomic E-state index is -0.00356. The first kappa shape index (κ1) is 11.5. The molecule has 14 heavy (non-hydrogen) atoms. The number of carbonyl (C=O) groups excluding carboxylic acids is 1. The first-order valence-corrected chi connectivity index (χ1v) is 5.37. The fourth-order valence-corrected chi connectivity index (χ4v) is 1.92. The lowest BCUT2D eigenvalue weighted by Gasteiger charge is -2.35. The van der Waals surface area contributed by atoms with Gasteiger partial charge < -0.3 is 11.1 Å². The fourth-order valence-electron chi connectivity index (χ4n) is 1.92. The summed E-state index contributed by atoms with van der Waals surface area (Å²) in [6.45, 7) is 7.63. The highest BCUT2D eigenvalue weighted by atomic mass is 16.2. The van der Waals surface area contributed by atoms with Gasteiger partial charge in [0.1, 0.15) is 0 Å². The first-order valence-electron chi connectivity index (χ1n) is 5.37. The number of piperazine rings is 1. The lowest BCUT2D eigenvalue weighted by Crippen LogP contribution is -2.56. The van der Waals surface area contributed by atoms with Crippen molar-refractivity contribution in [2.45, 2.75) is 26.3 Å². The van der Waals surface area contributed by atoms with Crippen molar-refractivity contribution in [2.24, 2.45) is 11.7 Å². The Morgan fingerprint density at radius 1 is 1.64 bits per heavy atom. The monoisotopic (exact) mass is 199 g/mol. The minimum Gasteiger partial charge on any atom is -0.353 e. The molecule has 0 aromatic rings. The Hall–Kier alpha value is -0.610. The standard InChI is InChI=1S/C10H21N3O/c1-8(2)7-13-6-5-12-10(14)9(13)3-4-11/h8-9H,3-7,11H2,1-2H3,(H,12,14). The van der Waals surface area contributed by atoms with Gasteiger partial charge in [-0.2, -0.15) is 0 Å². The van der Waals surface area contributed by atoms with Crippen LogP contribution in [0.2, 0.25) is 0 Å². The van der Waals surface area contributed by atoms with Crippen LogP contribution < -0.4 is 11.1 Å². The molecule has 1 saturated heterocycles. The SMILES string of the molecule is CC(C)CN1CCNC(=O)C1CCN. The van der Waals surface area contributed by atoms with Crippen LogP contribution in [0.5, 0.6) is 0 Å². The number of amides is 1. The Bertz CT molecular complexity index is 194. The molecule has 0 radical (unpaired) electrons. The number of rotatable bonds is 4. The molecule has 1 unspecified atom stereocenters. The van der Waals surface area contributed by atoms with Gasteiger partial charge in [0.15, 0.2) is 0 Å². The van der Waals surface area contributed by atoms with Crippen LogP contribution in [0, 0.1) is 5.92 Å². The summed E-state index contributed by atoms with van der Waals surface area (Å²) in [4.78, 5) is 13.8. The van der Waals surface area contributed by atoms with Gasteiger partial charge in [0.2, 0.25) is 5.91 Å². The zero-order valence-corrected chi connectivity index (χ0v) is 9.12. The lowest BCUT2D eigenvalue weighted by atomic mass is 10.1. The van der Waals surface area contributed by atoms with Gasteiger partial charge in [0.05, 0.1) is 6.04 Å². The van der Waals surface area contributed by atoms with Crippen molar-refractivity contribution < 1.29 is 4.79 Å². The zero-order chi connectivity index (χ0) is 10.6. The van der Waals surface area contributed by atoms with E-state index >= 15 is 0 Å². The van der Waals surface area contributed by atoms with Crippen molar-refractivity contribution >= 4 is 5.91 Å². The summed E-state index contributed by atoms with van der Waals surface area (Å²) < 4.78 is 0. The number of nitrogens with two attached hydrogens (primary N) is 1. The Labute approximate surface area is 85.8 Å². The largest absolute Gasteiger partial charge is 0.353 e. The number of nitrogens with zero attached hydrogens (tertiary/aromatic N) is 1. The van der Waals surface area contributed by atoms with E-state index < -0.39 is 0 Å². The molecule has 3 N–H and O–H groups in total. The maximum absolute atomic E-state index is 11.6. The van der Waals surface area contributed by atoms with E-state index in [9.17, 15) is 4.79 Å². The topological polar surface area (TPSA) is 58.4 Å². The average Bonchev–Trinajstić information content (AvgIpc) is 2.10. The van der Waals surface area contributed by atoms with Gasteiger partial charge in [-0.1, -0.05) is 13.8 Å². The molecule has 1 aliphatic rings. The van der Waals surface area contributed by atoms with Crippen molar-refractivity contribution in [1.29, 1.82) is 0 Å². The van der Waals surface area contributed by atoms with Gasteiger partial charge in [0.25, 0.3) is 0 Å². The Morgan fingerprint density at radius 2 is 2.36 bits per heavy atom. The molecule has 1 fully saturated rings. The summed E-state index contributed by atoms with van der Waals surface area (Å²) in [5.41, 5.74) is 5.51. The molecule has 0 saturated carbocycles. The minimum absolute atomic E-state index is 0.00356. The van der Waals surface area contributed by atoms with Crippen LogP contribution in [0.3, 0.4) is 0 Å². The summed E-state index contributed by atoms with van der Waals surface area (Å²) >= 11 is 0. The Morgan fingerprint density at radius 3 is 2.93 bits per heavy atom. The number of hydrogen-bond donors (Lipinski definition) is 2. The molecule has 0 aliphatic carbocycles. The predicted molar refractivity (Wildman–Crippen MR) is 56.9 cm³/mol. The highest BCUT2D eigenvalue weighted by molar-refractivity contribution is 5.82. The Balaban J connectivity index is 2.55. The summed E-state index contributed by atoms with van der Waals surface area (Å²) in [5, 5.41) is 2.88. The van der Waals surface area contributed by atoms with Crippen LogP contribution in [0.4, 0.5) is 0 Å². The molecular weight excluding hydrogens is 178 g/mol. The quantitative estimate of drug-likeness (QED) is 0.659. The van der Waals surface area contributed by atoms with Crippen LogP contribution in [0.25, 0.3) is 0 Å². The zero-order valence-electron chi connectivity index (χ0n) is 9.12. The van der Waals surface area contributed by atoms with Crippen LogP contribution in [-0.2, 0) is 4.79 Å². The second kappa shape index (κ2) is 5.32. The van der Waals surface area contributed by atoms with E-state index in [1.807, 2.05) is 0 Å². The van der Waals surface area contributed by atoms with Crippen LogP contribution in [0.15, 0.2) is 0 Å². The summed E-state index contributed by atoms with van der Waals surface area (Å²) in [7, 11) is 0. The van der Waals surface area contributed by atoms with E-state index in [1.165, 1.54) is 0 Å². The van der Waals surface area contributed by atoms with Gasteiger partial charge in [-0.3, -0.25) is 9.69 Å². The van der Waals surface area contributed by atoms with Crippen LogP contribution >= 0.6 is 0 Å². The smallest absolute Gasteiger partial charge is 0.237 e. The van der Waals surface area contributed by atoms with E-state index in [4.69, 9.17) is 5.73 Å². The van der Waals surface area contributed by atoms with Crippen molar-refractivity contribution in [3.05, 3.63) is 0 Å². The highest BCUT2D eigenvalue weighted by Crippen LogP contribution is 2.10. The highest BCUT2D eigenvalue weighted by Gasteiger charge is 2.28. The van der Waals surface area contributed by atoms with E-state index in [1.54, 1.807) is 0 Å². The second-order valence-corrected chi connectivity index (χ2v) is 4.27. The van der Waals surface area contributed by atoms with Crippen LogP contribution in [-0.4, -0.2) is 43.0 Å². The molecular formula is C10H21N3O. The van der Waals surface area contributed by atoms with E-state index in [2.05, 4.69) is 24.1 Å². The lowest BCUT2D eigenvalue weighted by molar-refractivity contribution is -0.129. The molecule has 0 aromatic heterocycles. The molecule has 1 rings (SSSR count). The number of carbonyl (C=O) groups is 1. The predicted octanol–water partition coefficient (Wildman–Crippen LogP) is -0.208. The van der Waals surface area contributed by atoms with Crippen molar-refractivity contribution in [3.8, 4) is 0 Å². The van der Waals surface area contributed by atoms with Gasteiger partial charge >= 0.3 is 0 Å². The molecule has 4 nitrogen and oxygen atoms in total. The van der Waals surface area contributed by atoms with E-state index in [0.29, 0.717) is 12.5 Å². The van der Waals surface area contributed by atoms with Gasteiger partial charge in [-0.25, -0.2) is 0 Å². The molecule has 1 atom stereocenters. The van der Waals surface area contributed by atoms with Gasteiger partial charge in [0, 0.05) is 19.6 Å². The maximum Gasteiger partial charge on any atom is 0.237 e. The third kappa shape index (κ3) is 2.96. The molecule has 1 heterocycles. The molecule has 1 amide bonds. The normalized spacial score (nSPS) is 24.0. The van der Waals surface area contributed by atoms with Crippen molar-refractivity contribution in [1.82, 2.24) is 10.2 Å². The maximum atomic E-state index is 11.6. The third-order valence-electron chi connectivity index (χ3n) is 2.48.